The number of rotatable bonds is 10. The molecule has 216 valence electrons. The van der Waals surface area contributed by atoms with E-state index in [-0.39, 0.29) is 29.7 Å². The van der Waals surface area contributed by atoms with Crippen LogP contribution in [0.1, 0.15) is 59.4 Å². The fourth-order valence-electron chi connectivity index (χ4n) is 5.66. The number of Topliss-reactive ketones (excluding diaryl/α,β-unsaturated/α-hetero) is 1. The summed E-state index contributed by atoms with van der Waals surface area (Å²) in [4.78, 5) is 44.0. The molecule has 0 radical (unpaired) electrons. The second-order valence-electron chi connectivity index (χ2n) is 10.6. The molecule has 10 heteroatoms. The Balaban J connectivity index is 1.22. The van der Waals surface area contributed by atoms with Gasteiger partial charge in [0.15, 0.2) is 5.78 Å². The maximum Gasteiger partial charge on any atom is 0.416 e. The van der Waals surface area contributed by atoms with Crippen molar-refractivity contribution < 1.29 is 27.6 Å². The summed E-state index contributed by atoms with van der Waals surface area (Å²) in [6.07, 6.45) is -2.29. The van der Waals surface area contributed by atoms with E-state index in [0.717, 1.165) is 56.8 Å². The van der Waals surface area contributed by atoms with Crippen molar-refractivity contribution in [2.24, 2.45) is 5.92 Å². The first-order valence-corrected chi connectivity index (χ1v) is 13.9. The highest BCUT2D eigenvalue weighted by Gasteiger charge is 2.34. The second-order valence-corrected chi connectivity index (χ2v) is 10.6. The van der Waals surface area contributed by atoms with Gasteiger partial charge in [0.05, 0.1) is 12.1 Å². The van der Waals surface area contributed by atoms with Crippen LogP contribution in [0.4, 0.5) is 18.9 Å². The average Bonchev–Trinajstić information content (AvgIpc) is 3.62. The molecule has 2 aromatic rings. The first-order valence-electron chi connectivity index (χ1n) is 13.9. The first kappa shape index (κ1) is 29.6. The zero-order chi connectivity index (χ0) is 28.9. The van der Waals surface area contributed by atoms with Crippen LogP contribution >= 0.6 is 0 Å². The van der Waals surface area contributed by atoms with Gasteiger partial charge in [-0.25, -0.2) is 0 Å². The van der Waals surface area contributed by atoms with Crippen molar-refractivity contribution in [1.29, 1.82) is 0 Å². The molecule has 2 amide bonds. The van der Waals surface area contributed by atoms with E-state index in [0.29, 0.717) is 31.1 Å². The van der Waals surface area contributed by atoms with Crippen LogP contribution in [0.2, 0.25) is 0 Å². The van der Waals surface area contributed by atoms with Crippen LogP contribution in [0.15, 0.2) is 48.5 Å². The van der Waals surface area contributed by atoms with E-state index in [2.05, 4.69) is 15.1 Å². The lowest BCUT2D eigenvalue weighted by molar-refractivity contribution is -0.137. The third kappa shape index (κ3) is 7.21. The summed E-state index contributed by atoms with van der Waals surface area (Å²) in [5.74, 6) is -0.579. The molecule has 0 aliphatic carbocycles. The third-order valence-corrected chi connectivity index (χ3v) is 7.94. The fraction of sp³-hybridized carbons (Fsp3) is 0.500. The van der Waals surface area contributed by atoms with Gasteiger partial charge < -0.3 is 15.1 Å². The lowest BCUT2D eigenvalue weighted by Gasteiger charge is -2.25. The summed E-state index contributed by atoms with van der Waals surface area (Å²) < 4.78 is 38.7. The number of benzene rings is 2. The molecule has 2 fully saturated rings. The van der Waals surface area contributed by atoms with Crippen molar-refractivity contribution in [2.45, 2.75) is 45.3 Å². The minimum atomic E-state index is -4.53. The summed E-state index contributed by atoms with van der Waals surface area (Å²) in [6, 6.07) is 12.4. The summed E-state index contributed by atoms with van der Waals surface area (Å²) in [7, 11) is 0. The smallest absolute Gasteiger partial charge is 0.370 e. The highest BCUT2D eigenvalue weighted by atomic mass is 19.4. The largest absolute Gasteiger partial charge is 0.416 e. The molecule has 7 nitrogen and oxygen atoms in total. The number of carbonyl (C=O) groups excluding carboxylic acids is 3. The van der Waals surface area contributed by atoms with E-state index in [1.807, 2.05) is 38.1 Å². The van der Waals surface area contributed by atoms with Crippen molar-refractivity contribution >= 4 is 23.3 Å². The molecule has 2 atom stereocenters. The van der Waals surface area contributed by atoms with Crippen molar-refractivity contribution in [1.82, 2.24) is 15.1 Å². The molecule has 4 rings (SSSR count). The number of hydrogen-bond acceptors (Lipinski definition) is 5. The number of likely N-dealkylation sites (tertiary alicyclic amines) is 1. The number of nitrogens with one attached hydrogen (secondary N) is 1. The van der Waals surface area contributed by atoms with Crippen LogP contribution in [-0.4, -0.2) is 79.3 Å². The normalized spacial score (nSPS) is 19.6. The molecule has 40 heavy (non-hydrogen) atoms. The van der Waals surface area contributed by atoms with E-state index >= 15 is 0 Å². The summed E-state index contributed by atoms with van der Waals surface area (Å²) in [5.41, 5.74) is 0.776. The number of hydrogen-bond donors (Lipinski definition) is 1. The maximum atomic E-state index is 12.9. The molecule has 2 saturated heterocycles. The van der Waals surface area contributed by atoms with E-state index < -0.39 is 17.6 Å². The van der Waals surface area contributed by atoms with Gasteiger partial charge in [-0.1, -0.05) is 6.07 Å². The van der Waals surface area contributed by atoms with Gasteiger partial charge in [-0.3, -0.25) is 19.3 Å². The zero-order valence-corrected chi connectivity index (χ0v) is 23.0. The van der Waals surface area contributed by atoms with Crippen molar-refractivity contribution in [3.05, 3.63) is 65.2 Å². The molecular weight excluding hydrogens is 521 g/mol. The predicted molar refractivity (Wildman–Crippen MR) is 147 cm³/mol. The number of amides is 2. The monoisotopic (exact) mass is 558 g/mol. The van der Waals surface area contributed by atoms with Crippen molar-refractivity contribution in [3.8, 4) is 0 Å². The quantitative estimate of drug-likeness (QED) is 0.466. The van der Waals surface area contributed by atoms with Gasteiger partial charge in [0.25, 0.3) is 11.8 Å². The number of ketones is 1. The Labute approximate surface area is 233 Å². The van der Waals surface area contributed by atoms with Gasteiger partial charge in [-0.15, -0.1) is 0 Å². The van der Waals surface area contributed by atoms with Crippen LogP contribution in [0.5, 0.6) is 0 Å². The second kappa shape index (κ2) is 12.8. The highest BCUT2D eigenvalue weighted by molar-refractivity contribution is 5.97. The molecule has 0 spiro atoms. The molecule has 1 N–H and O–H groups in total. The summed E-state index contributed by atoms with van der Waals surface area (Å²) >= 11 is 0. The Hall–Kier alpha value is -3.40. The van der Waals surface area contributed by atoms with Crippen molar-refractivity contribution in [2.75, 3.05) is 50.7 Å². The van der Waals surface area contributed by atoms with Gasteiger partial charge in [-0.05, 0) is 81.6 Å². The van der Waals surface area contributed by atoms with Crippen LogP contribution in [0.3, 0.4) is 0 Å². The van der Waals surface area contributed by atoms with Crippen molar-refractivity contribution in [3.63, 3.8) is 0 Å². The number of carbonyl (C=O) groups is 3. The topological polar surface area (TPSA) is 73.0 Å². The number of anilines is 1. The Morgan fingerprint density at radius 3 is 2.35 bits per heavy atom. The molecule has 0 bridgehead atoms. The third-order valence-electron chi connectivity index (χ3n) is 7.94. The lowest BCUT2D eigenvalue weighted by atomic mass is 10.0. The van der Waals surface area contributed by atoms with Crippen LogP contribution in [0, 0.1) is 5.92 Å². The molecule has 2 aromatic carbocycles. The fourth-order valence-corrected chi connectivity index (χ4v) is 5.66. The number of alkyl halides is 3. The average molecular weight is 559 g/mol. The van der Waals surface area contributed by atoms with Gasteiger partial charge in [0.1, 0.15) is 0 Å². The molecule has 1 unspecified atom stereocenters. The van der Waals surface area contributed by atoms with Gasteiger partial charge in [-0.2, -0.15) is 13.2 Å². The maximum absolute atomic E-state index is 12.9. The Morgan fingerprint density at radius 1 is 0.950 bits per heavy atom. The van der Waals surface area contributed by atoms with Crippen LogP contribution in [0.25, 0.3) is 0 Å². The SMILES string of the molecule is CCN(CC)C(=O)c1ccc(N2CCC(N3CC[C@@H](CC(=O)CNC(=O)c4cccc(C(F)(F)F)c4)C3)C2)cc1. The summed E-state index contributed by atoms with van der Waals surface area (Å²) in [6.45, 7) is 8.64. The number of nitrogens with zero attached hydrogens (tertiary/aromatic N) is 3. The number of halogens is 3. The zero-order valence-electron chi connectivity index (χ0n) is 23.0. The molecule has 2 aliphatic rings. The molecule has 2 heterocycles. The van der Waals surface area contributed by atoms with Gasteiger partial charge in [0, 0.05) is 62.0 Å². The Bertz CT molecular complexity index is 1200. The molecular formula is C30H37F3N4O3. The molecule has 0 saturated carbocycles. The molecule has 0 aromatic heterocycles. The first-order chi connectivity index (χ1) is 19.1. The standard InChI is InChI=1S/C30H37F3N4O3/c1-3-35(4-2)29(40)22-8-10-25(11-9-22)37-15-13-26(20-37)36-14-12-21(19-36)16-27(38)18-34-28(39)23-6-5-7-24(17-23)30(31,32)33/h5-11,17,21,26H,3-4,12-16,18-20H2,1-2H3,(H,34,39)/t21-,26?/m0/s1. The Kier molecular flexibility index (Phi) is 9.50. The van der Waals surface area contributed by atoms with E-state index in [4.69, 9.17) is 0 Å². The van der Waals surface area contributed by atoms with Gasteiger partial charge in [0.2, 0.25) is 0 Å². The minimum Gasteiger partial charge on any atom is -0.370 e. The van der Waals surface area contributed by atoms with Crippen LogP contribution in [-0.2, 0) is 11.0 Å². The van der Waals surface area contributed by atoms with Gasteiger partial charge >= 0.3 is 6.18 Å². The predicted octanol–water partition coefficient (Wildman–Crippen LogP) is 4.48. The Morgan fingerprint density at radius 2 is 1.68 bits per heavy atom. The minimum absolute atomic E-state index is 0.0451. The van der Waals surface area contributed by atoms with E-state index in [1.165, 1.54) is 12.1 Å². The lowest BCUT2D eigenvalue weighted by Crippen LogP contribution is -2.36. The van der Waals surface area contributed by atoms with E-state index in [1.54, 1.807) is 4.90 Å². The molecule has 2 aliphatic heterocycles. The highest BCUT2D eigenvalue weighted by Crippen LogP contribution is 2.30. The van der Waals surface area contributed by atoms with E-state index in [9.17, 15) is 27.6 Å². The summed E-state index contributed by atoms with van der Waals surface area (Å²) in [5, 5.41) is 2.47. The van der Waals surface area contributed by atoms with Crippen LogP contribution < -0.4 is 10.2 Å².